The molecule has 0 unspecified atom stereocenters. The number of carbonyl (C=O) groups excluding carboxylic acids is 1. The number of aryl methyl sites for hydroxylation is 1. The molecule has 0 spiro atoms. The molecular formula is C19H32N4O2. The normalized spacial score (nSPS) is 29.8. The van der Waals surface area contributed by atoms with Crippen LogP contribution in [0.4, 0.5) is 4.79 Å². The van der Waals surface area contributed by atoms with E-state index in [1.54, 1.807) is 0 Å². The third-order valence-electron chi connectivity index (χ3n) is 5.30. The van der Waals surface area contributed by atoms with Gasteiger partial charge < -0.3 is 19.9 Å². The first-order valence-corrected chi connectivity index (χ1v) is 9.50. The lowest BCUT2D eigenvalue weighted by molar-refractivity contribution is 0.0429. The lowest BCUT2D eigenvalue weighted by Crippen LogP contribution is -2.53. The van der Waals surface area contributed by atoms with Crippen LogP contribution in [0.5, 0.6) is 0 Å². The predicted octanol–water partition coefficient (Wildman–Crippen LogP) is 3.01. The second kappa shape index (κ2) is 6.98. The first kappa shape index (κ1) is 18.2. The highest BCUT2D eigenvalue weighted by molar-refractivity contribution is 5.68. The van der Waals surface area contributed by atoms with E-state index in [4.69, 9.17) is 4.74 Å². The van der Waals surface area contributed by atoms with E-state index in [9.17, 15) is 4.79 Å². The molecule has 6 nitrogen and oxygen atoms in total. The maximum absolute atomic E-state index is 12.1. The van der Waals surface area contributed by atoms with Crippen LogP contribution in [0.15, 0.2) is 12.4 Å². The third-order valence-corrected chi connectivity index (χ3v) is 5.30. The van der Waals surface area contributed by atoms with Gasteiger partial charge in [-0.05, 0) is 59.8 Å². The number of nitrogens with one attached hydrogen (secondary N) is 2. The number of fused-ring (bicyclic) bond motifs is 1. The number of amides is 1. The Morgan fingerprint density at radius 3 is 2.68 bits per heavy atom. The van der Waals surface area contributed by atoms with Crippen LogP contribution in [0.3, 0.4) is 0 Å². The van der Waals surface area contributed by atoms with Gasteiger partial charge in [0, 0.05) is 43.0 Å². The Kier molecular flexibility index (Phi) is 5.09. The Bertz CT molecular complexity index is 597. The van der Waals surface area contributed by atoms with E-state index in [-0.39, 0.29) is 11.6 Å². The van der Waals surface area contributed by atoms with Gasteiger partial charge in [-0.15, -0.1) is 0 Å². The second-order valence-electron chi connectivity index (χ2n) is 8.86. The molecule has 0 radical (unpaired) electrons. The number of rotatable bonds is 3. The maximum Gasteiger partial charge on any atom is 0.408 e. The van der Waals surface area contributed by atoms with Gasteiger partial charge in [0.15, 0.2) is 0 Å². The summed E-state index contributed by atoms with van der Waals surface area (Å²) in [4.78, 5) is 16.5. The fourth-order valence-electron chi connectivity index (χ4n) is 3.93. The number of carbonyl (C=O) groups is 1. The predicted molar refractivity (Wildman–Crippen MR) is 97.5 cm³/mol. The van der Waals surface area contributed by atoms with Crippen molar-refractivity contribution in [1.82, 2.24) is 20.2 Å². The topological polar surface area (TPSA) is 68.2 Å². The number of nitrogens with zero attached hydrogens (tertiary/aromatic N) is 2. The van der Waals surface area contributed by atoms with E-state index in [1.807, 2.05) is 27.0 Å². The van der Waals surface area contributed by atoms with Crippen molar-refractivity contribution >= 4 is 6.09 Å². The summed E-state index contributed by atoms with van der Waals surface area (Å²) in [6, 6.07) is 1.05. The Balaban J connectivity index is 1.45. The van der Waals surface area contributed by atoms with Gasteiger partial charge in [-0.3, -0.25) is 0 Å². The van der Waals surface area contributed by atoms with E-state index >= 15 is 0 Å². The maximum atomic E-state index is 12.1. The number of aromatic nitrogens is 2. The molecule has 1 aliphatic carbocycles. The first-order chi connectivity index (χ1) is 11.7. The van der Waals surface area contributed by atoms with Crippen molar-refractivity contribution in [3.8, 4) is 0 Å². The highest BCUT2D eigenvalue weighted by atomic mass is 16.6. The molecule has 25 heavy (non-hydrogen) atoms. The van der Waals surface area contributed by atoms with Gasteiger partial charge in [-0.1, -0.05) is 0 Å². The smallest absolute Gasteiger partial charge is 0.408 e. The number of alkyl carbamates (subject to hydrolysis) is 1. The molecule has 1 saturated carbocycles. The van der Waals surface area contributed by atoms with Crippen molar-refractivity contribution in [1.29, 1.82) is 0 Å². The molecule has 2 aliphatic rings. The summed E-state index contributed by atoms with van der Waals surface area (Å²) in [5.41, 5.74) is -0.614. The molecule has 1 atom stereocenters. The average Bonchev–Trinajstić information content (AvgIpc) is 2.95. The molecule has 2 heterocycles. The van der Waals surface area contributed by atoms with Crippen LogP contribution >= 0.6 is 0 Å². The molecule has 6 heteroatoms. The monoisotopic (exact) mass is 348 g/mol. The molecule has 2 N–H and O–H groups in total. The van der Waals surface area contributed by atoms with Crippen LogP contribution in [-0.4, -0.2) is 38.9 Å². The largest absolute Gasteiger partial charge is 0.444 e. The minimum atomic E-state index is -0.452. The van der Waals surface area contributed by atoms with Crippen molar-refractivity contribution < 1.29 is 9.53 Å². The van der Waals surface area contributed by atoms with Crippen LogP contribution < -0.4 is 10.6 Å². The number of hydrogen-bond donors (Lipinski definition) is 2. The van der Waals surface area contributed by atoms with Crippen molar-refractivity contribution in [3.05, 3.63) is 18.2 Å². The SMILES string of the molecule is CC1(NC(=O)OC(C)(C)C)CCC(N[C@H]2CCc3nccn3C2)CC1. The van der Waals surface area contributed by atoms with Crippen LogP contribution in [0.2, 0.25) is 0 Å². The summed E-state index contributed by atoms with van der Waals surface area (Å²) < 4.78 is 7.67. The van der Waals surface area contributed by atoms with Gasteiger partial charge in [0.2, 0.25) is 0 Å². The quantitative estimate of drug-likeness (QED) is 0.881. The summed E-state index contributed by atoms with van der Waals surface area (Å²) in [5.74, 6) is 1.20. The molecule has 3 rings (SSSR count). The number of hydrogen-bond acceptors (Lipinski definition) is 4. The summed E-state index contributed by atoms with van der Waals surface area (Å²) in [6.07, 6.45) is 9.99. The number of ether oxygens (including phenoxy) is 1. The van der Waals surface area contributed by atoms with E-state index in [1.165, 1.54) is 5.82 Å². The van der Waals surface area contributed by atoms with Gasteiger partial charge in [0.05, 0.1) is 0 Å². The van der Waals surface area contributed by atoms with Crippen LogP contribution in [0.25, 0.3) is 0 Å². The molecule has 1 aromatic heterocycles. The Hall–Kier alpha value is -1.56. The molecule has 0 saturated heterocycles. The molecule has 1 fully saturated rings. The Labute approximate surface area is 150 Å². The van der Waals surface area contributed by atoms with Crippen molar-refractivity contribution in [2.24, 2.45) is 0 Å². The molecule has 1 aliphatic heterocycles. The average molecular weight is 348 g/mol. The van der Waals surface area contributed by atoms with E-state index in [0.29, 0.717) is 12.1 Å². The second-order valence-corrected chi connectivity index (χ2v) is 8.86. The standard InChI is InChI=1S/C19H32N4O2/c1-18(2,3)25-17(24)22-19(4)9-7-14(8-10-19)21-15-5-6-16-20-11-12-23(16)13-15/h11-12,14-15,21H,5-10,13H2,1-4H3,(H,22,24)/t14?,15-,19?/m0/s1. The van der Waals surface area contributed by atoms with E-state index in [0.717, 1.165) is 45.1 Å². The lowest BCUT2D eigenvalue weighted by Gasteiger charge is -2.40. The third kappa shape index (κ3) is 4.97. The first-order valence-electron chi connectivity index (χ1n) is 9.50. The summed E-state index contributed by atoms with van der Waals surface area (Å²) in [7, 11) is 0. The lowest BCUT2D eigenvalue weighted by atomic mass is 9.80. The van der Waals surface area contributed by atoms with Crippen molar-refractivity contribution in [2.75, 3.05) is 0 Å². The minimum absolute atomic E-state index is 0.162. The van der Waals surface area contributed by atoms with Crippen molar-refractivity contribution in [2.45, 2.75) is 96.0 Å². The van der Waals surface area contributed by atoms with E-state index < -0.39 is 5.60 Å². The fraction of sp³-hybridized carbons (Fsp3) is 0.789. The fourth-order valence-corrected chi connectivity index (χ4v) is 3.93. The zero-order chi connectivity index (χ0) is 18.1. The Morgan fingerprint density at radius 2 is 2.00 bits per heavy atom. The highest BCUT2D eigenvalue weighted by Gasteiger charge is 2.34. The van der Waals surface area contributed by atoms with Crippen LogP contribution in [0, 0.1) is 0 Å². The molecular weight excluding hydrogens is 316 g/mol. The summed E-state index contributed by atoms with van der Waals surface area (Å²) in [6.45, 7) is 8.83. The summed E-state index contributed by atoms with van der Waals surface area (Å²) in [5, 5.41) is 6.91. The van der Waals surface area contributed by atoms with Gasteiger partial charge in [-0.2, -0.15) is 0 Å². The van der Waals surface area contributed by atoms with Crippen molar-refractivity contribution in [3.63, 3.8) is 0 Å². The van der Waals surface area contributed by atoms with Crippen LogP contribution in [-0.2, 0) is 17.7 Å². The van der Waals surface area contributed by atoms with Crippen LogP contribution in [0.1, 0.15) is 65.6 Å². The zero-order valence-electron chi connectivity index (χ0n) is 16.0. The molecule has 1 amide bonds. The highest BCUT2D eigenvalue weighted by Crippen LogP contribution is 2.29. The van der Waals surface area contributed by atoms with Gasteiger partial charge >= 0.3 is 6.09 Å². The van der Waals surface area contributed by atoms with Gasteiger partial charge in [-0.25, -0.2) is 9.78 Å². The molecule has 0 aromatic carbocycles. The molecule has 1 aromatic rings. The van der Waals surface area contributed by atoms with Gasteiger partial charge in [0.25, 0.3) is 0 Å². The molecule has 0 bridgehead atoms. The van der Waals surface area contributed by atoms with Gasteiger partial charge in [0.1, 0.15) is 11.4 Å². The summed E-state index contributed by atoms with van der Waals surface area (Å²) >= 11 is 0. The Morgan fingerprint density at radius 1 is 1.28 bits per heavy atom. The number of imidazole rings is 1. The minimum Gasteiger partial charge on any atom is -0.444 e. The zero-order valence-corrected chi connectivity index (χ0v) is 16.0. The van der Waals surface area contributed by atoms with E-state index in [2.05, 4.69) is 33.3 Å². The molecule has 140 valence electrons.